The zero-order valence-electron chi connectivity index (χ0n) is 12.4. The molecule has 1 N–H and O–H groups in total. The van der Waals surface area contributed by atoms with E-state index >= 15 is 0 Å². The van der Waals surface area contributed by atoms with Gasteiger partial charge in [-0.05, 0) is 56.0 Å². The smallest absolute Gasteiger partial charge is 0.0772 e. The third-order valence-corrected chi connectivity index (χ3v) is 4.92. The predicted molar refractivity (Wildman–Crippen MR) is 91.1 cm³/mol. The number of hydrogen-bond acceptors (Lipinski definition) is 2. The first kappa shape index (κ1) is 14.6. The average Bonchev–Trinajstić information content (AvgIpc) is 2.46. The van der Waals surface area contributed by atoms with Gasteiger partial charge in [0.1, 0.15) is 0 Å². The summed E-state index contributed by atoms with van der Waals surface area (Å²) >= 11 is 3.59. The first-order valence-corrected chi connectivity index (χ1v) is 8.22. The summed E-state index contributed by atoms with van der Waals surface area (Å²) in [6.45, 7) is 4.06. The van der Waals surface area contributed by atoms with Crippen LogP contribution in [0.3, 0.4) is 0 Å². The van der Waals surface area contributed by atoms with Crippen LogP contribution in [-0.4, -0.2) is 11.1 Å². The summed E-state index contributed by atoms with van der Waals surface area (Å²) in [4.78, 5) is 2.40. The van der Waals surface area contributed by atoms with Crippen molar-refractivity contribution in [3.05, 3.63) is 58.1 Å². The fraction of sp³-hybridized carbons (Fsp3) is 0.333. The summed E-state index contributed by atoms with van der Waals surface area (Å²) in [5.74, 6) is 0. The van der Waals surface area contributed by atoms with Crippen molar-refractivity contribution in [1.29, 1.82) is 0 Å². The van der Waals surface area contributed by atoms with Crippen LogP contribution in [0.4, 0.5) is 11.4 Å². The summed E-state index contributed by atoms with van der Waals surface area (Å²) in [7, 11) is 0. The van der Waals surface area contributed by atoms with Gasteiger partial charge in [-0.2, -0.15) is 0 Å². The average molecular weight is 346 g/mol. The lowest BCUT2D eigenvalue weighted by Crippen LogP contribution is -2.33. The molecule has 110 valence electrons. The van der Waals surface area contributed by atoms with E-state index in [4.69, 9.17) is 0 Å². The van der Waals surface area contributed by atoms with E-state index in [-0.39, 0.29) is 0 Å². The number of aliphatic hydroxyl groups excluding tert-OH is 1. The quantitative estimate of drug-likeness (QED) is 0.829. The fourth-order valence-corrected chi connectivity index (χ4v) is 3.78. The van der Waals surface area contributed by atoms with Gasteiger partial charge in [0.25, 0.3) is 0 Å². The van der Waals surface area contributed by atoms with Crippen molar-refractivity contribution in [1.82, 2.24) is 0 Å². The van der Waals surface area contributed by atoms with Gasteiger partial charge in [-0.15, -0.1) is 0 Å². The van der Waals surface area contributed by atoms with Crippen LogP contribution in [0.25, 0.3) is 0 Å². The summed E-state index contributed by atoms with van der Waals surface area (Å²) < 4.78 is 0.963. The minimum Gasteiger partial charge on any atom is -0.389 e. The van der Waals surface area contributed by atoms with Gasteiger partial charge < -0.3 is 10.0 Å². The van der Waals surface area contributed by atoms with Crippen LogP contribution in [0.15, 0.2) is 46.9 Å². The van der Waals surface area contributed by atoms with Crippen molar-refractivity contribution in [2.45, 2.75) is 38.8 Å². The minimum absolute atomic E-state index is 0.459. The molecule has 2 atom stereocenters. The van der Waals surface area contributed by atoms with Crippen molar-refractivity contribution >= 4 is 27.3 Å². The lowest BCUT2D eigenvalue weighted by Gasteiger charge is -2.37. The molecule has 0 aromatic heterocycles. The van der Waals surface area contributed by atoms with Crippen LogP contribution in [0.5, 0.6) is 0 Å². The molecule has 21 heavy (non-hydrogen) atoms. The molecule has 0 aliphatic carbocycles. The Morgan fingerprint density at radius 2 is 2.00 bits per heavy atom. The van der Waals surface area contributed by atoms with Crippen LogP contribution in [0.1, 0.15) is 37.5 Å². The Morgan fingerprint density at radius 1 is 1.24 bits per heavy atom. The molecule has 3 rings (SSSR count). The molecule has 0 spiro atoms. The number of rotatable bonds is 2. The molecule has 1 heterocycles. The molecule has 2 aromatic rings. The van der Waals surface area contributed by atoms with Crippen LogP contribution in [-0.2, 0) is 6.42 Å². The van der Waals surface area contributed by atoms with Crippen molar-refractivity contribution in [3.8, 4) is 0 Å². The van der Waals surface area contributed by atoms with Crippen molar-refractivity contribution < 1.29 is 5.11 Å². The number of hydrogen-bond donors (Lipinski definition) is 1. The van der Waals surface area contributed by atoms with E-state index in [9.17, 15) is 5.11 Å². The molecule has 1 aliphatic rings. The van der Waals surface area contributed by atoms with Gasteiger partial charge in [-0.3, -0.25) is 0 Å². The number of nitrogens with zero attached hydrogens (tertiary/aromatic N) is 1. The highest BCUT2D eigenvalue weighted by molar-refractivity contribution is 9.10. The predicted octanol–water partition coefficient (Wildman–Crippen LogP) is 4.98. The molecule has 0 amide bonds. The molecule has 3 heteroatoms. The number of fused-ring (bicyclic) bond motifs is 1. The molecular weight excluding hydrogens is 326 g/mol. The zero-order valence-corrected chi connectivity index (χ0v) is 14.0. The van der Waals surface area contributed by atoms with E-state index < -0.39 is 6.10 Å². The fourth-order valence-electron chi connectivity index (χ4n) is 3.09. The van der Waals surface area contributed by atoms with E-state index in [1.165, 1.54) is 16.9 Å². The second-order valence-electron chi connectivity index (χ2n) is 5.77. The largest absolute Gasteiger partial charge is 0.389 e. The van der Waals surface area contributed by atoms with Gasteiger partial charge in [0.15, 0.2) is 0 Å². The Balaban J connectivity index is 2.05. The maximum Gasteiger partial charge on any atom is 0.0772 e. The zero-order chi connectivity index (χ0) is 15.0. The number of aryl methyl sites for hydroxylation is 1. The Bertz CT molecular complexity index is 653. The van der Waals surface area contributed by atoms with E-state index in [1.54, 1.807) is 6.92 Å². The van der Waals surface area contributed by atoms with E-state index in [0.717, 1.165) is 22.9 Å². The Hall–Kier alpha value is -1.32. The summed E-state index contributed by atoms with van der Waals surface area (Å²) in [6, 6.07) is 15.3. The van der Waals surface area contributed by atoms with Crippen molar-refractivity contribution in [2.75, 3.05) is 4.90 Å². The normalized spacial score (nSPS) is 19.2. The number of para-hydroxylation sites is 1. The molecular formula is C18H20BrNO. The second kappa shape index (κ2) is 5.82. The van der Waals surface area contributed by atoms with E-state index in [2.05, 4.69) is 64.2 Å². The van der Waals surface area contributed by atoms with Crippen molar-refractivity contribution in [2.24, 2.45) is 0 Å². The highest BCUT2D eigenvalue weighted by atomic mass is 79.9. The monoisotopic (exact) mass is 345 g/mol. The Kier molecular flexibility index (Phi) is 4.05. The Morgan fingerprint density at radius 3 is 2.71 bits per heavy atom. The number of anilines is 2. The topological polar surface area (TPSA) is 23.5 Å². The first-order chi connectivity index (χ1) is 10.1. The van der Waals surface area contributed by atoms with Gasteiger partial charge in [-0.1, -0.05) is 40.2 Å². The summed E-state index contributed by atoms with van der Waals surface area (Å²) in [5.41, 5.74) is 4.81. The first-order valence-electron chi connectivity index (χ1n) is 7.42. The van der Waals surface area contributed by atoms with Crippen LogP contribution >= 0.6 is 15.9 Å². The summed E-state index contributed by atoms with van der Waals surface area (Å²) in [6.07, 6.45) is 1.84. The maximum atomic E-state index is 9.77. The van der Waals surface area contributed by atoms with Crippen LogP contribution in [0, 0.1) is 0 Å². The third-order valence-electron chi connectivity index (χ3n) is 4.24. The molecule has 0 bridgehead atoms. The molecule has 0 saturated carbocycles. The third kappa shape index (κ3) is 2.72. The molecule has 1 unspecified atom stereocenters. The number of aliphatic hydroxyl groups is 1. The summed E-state index contributed by atoms with van der Waals surface area (Å²) in [5, 5.41) is 9.77. The molecule has 1 aliphatic heterocycles. The molecule has 2 nitrogen and oxygen atoms in total. The van der Waals surface area contributed by atoms with E-state index in [1.807, 2.05) is 6.07 Å². The van der Waals surface area contributed by atoms with Gasteiger partial charge in [0.2, 0.25) is 0 Å². The Labute approximate surface area is 134 Å². The SMILES string of the molecule is CC1CCc2ccccc2N1c1ccc([C@@H](C)O)c(Br)c1. The standard InChI is InChI=1S/C18H20BrNO/c1-12-7-8-14-5-3-4-6-18(14)20(12)15-9-10-16(13(2)21)17(19)11-15/h3-6,9-13,21H,7-8H2,1-2H3/t12?,13-/m1/s1. The molecule has 0 fully saturated rings. The minimum atomic E-state index is -0.459. The van der Waals surface area contributed by atoms with Gasteiger partial charge in [0, 0.05) is 21.9 Å². The lowest BCUT2D eigenvalue weighted by atomic mass is 9.95. The lowest BCUT2D eigenvalue weighted by molar-refractivity contribution is 0.198. The number of halogens is 1. The van der Waals surface area contributed by atoms with Crippen molar-refractivity contribution in [3.63, 3.8) is 0 Å². The highest BCUT2D eigenvalue weighted by Crippen LogP contribution is 2.38. The maximum absolute atomic E-state index is 9.77. The molecule has 0 radical (unpaired) electrons. The highest BCUT2D eigenvalue weighted by Gasteiger charge is 2.24. The van der Waals surface area contributed by atoms with Gasteiger partial charge in [-0.25, -0.2) is 0 Å². The van der Waals surface area contributed by atoms with Gasteiger partial charge >= 0.3 is 0 Å². The van der Waals surface area contributed by atoms with Gasteiger partial charge in [0.05, 0.1) is 6.10 Å². The second-order valence-corrected chi connectivity index (χ2v) is 6.62. The van der Waals surface area contributed by atoms with Crippen LogP contribution in [0.2, 0.25) is 0 Å². The van der Waals surface area contributed by atoms with E-state index in [0.29, 0.717) is 6.04 Å². The molecule has 2 aromatic carbocycles. The number of benzene rings is 2. The van der Waals surface area contributed by atoms with Crippen LogP contribution < -0.4 is 4.90 Å². The molecule has 0 saturated heterocycles.